The maximum atomic E-state index is 11.6. The quantitative estimate of drug-likeness (QED) is 0.769. The molecule has 18 heavy (non-hydrogen) atoms. The van der Waals surface area contributed by atoms with Crippen LogP contribution in [0.4, 0.5) is 15.6 Å². The topological polar surface area (TPSA) is 117 Å². The van der Waals surface area contributed by atoms with Gasteiger partial charge in [0, 0.05) is 6.20 Å². The summed E-state index contributed by atoms with van der Waals surface area (Å²) in [7, 11) is 0. The predicted molar refractivity (Wildman–Crippen MR) is 63.7 cm³/mol. The van der Waals surface area contributed by atoms with Crippen LogP contribution in [0, 0.1) is 0 Å². The number of pyridine rings is 1. The molecule has 3 N–H and O–H groups in total. The molecule has 0 unspecified atom stereocenters. The Morgan fingerprint density at radius 1 is 1.33 bits per heavy atom. The number of carboxylic acid groups (broad SMARTS) is 1. The number of rotatable bonds is 3. The van der Waals surface area contributed by atoms with Crippen molar-refractivity contribution < 1.29 is 14.7 Å². The number of hydrogen-bond donors (Lipinski definition) is 3. The van der Waals surface area contributed by atoms with E-state index in [1.165, 1.54) is 23.8 Å². The highest BCUT2D eigenvalue weighted by Gasteiger charge is 2.13. The number of carbonyl (C=O) groups is 2. The minimum absolute atomic E-state index is 0.104. The molecule has 2 rings (SSSR count). The zero-order valence-electron chi connectivity index (χ0n) is 8.82. The summed E-state index contributed by atoms with van der Waals surface area (Å²) < 4.78 is 0. The molecule has 0 atom stereocenters. The number of anilines is 2. The first-order valence-corrected chi connectivity index (χ1v) is 5.57. The van der Waals surface area contributed by atoms with Gasteiger partial charge in [-0.3, -0.25) is 5.32 Å². The molecule has 0 spiro atoms. The first-order valence-electron chi connectivity index (χ1n) is 4.69. The number of amides is 2. The van der Waals surface area contributed by atoms with Gasteiger partial charge in [-0.1, -0.05) is 11.3 Å². The van der Waals surface area contributed by atoms with E-state index in [1.807, 2.05) is 0 Å². The van der Waals surface area contributed by atoms with E-state index in [4.69, 9.17) is 5.11 Å². The van der Waals surface area contributed by atoms with Crippen molar-refractivity contribution in [2.45, 2.75) is 0 Å². The molecule has 2 aromatic heterocycles. The lowest BCUT2D eigenvalue weighted by atomic mass is 10.3. The highest BCUT2D eigenvalue weighted by atomic mass is 32.1. The van der Waals surface area contributed by atoms with Gasteiger partial charge in [0.05, 0.1) is 5.69 Å². The average molecular weight is 265 g/mol. The Kier molecular flexibility index (Phi) is 3.44. The SMILES string of the molecule is O=C(Nc1nncs1)Nc1cccnc1C(=O)O. The van der Waals surface area contributed by atoms with Gasteiger partial charge in [-0.05, 0) is 12.1 Å². The standard InChI is InChI=1S/C9H7N5O3S/c15-7(16)6-5(2-1-3-10-6)12-8(17)13-9-14-11-4-18-9/h1-4H,(H,15,16)(H2,12,13,14,17). The van der Waals surface area contributed by atoms with Crippen LogP contribution in [-0.2, 0) is 0 Å². The van der Waals surface area contributed by atoms with Crippen LogP contribution in [0.3, 0.4) is 0 Å². The van der Waals surface area contributed by atoms with Crippen LogP contribution in [0.15, 0.2) is 23.8 Å². The lowest BCUT2D eigenvalue weighted by Gasteiger charge is -2.06. The minimum Gasteiger partial charge on any atom is -0.476 e. The Morgan fingerprint density at radius 3 is 2.83 bits per heavy atom. The van der Waals surface area contributed by atoms with Crippen molar-refractivity contribution in [2.24, 2.45) is 0 Å². The van der Waals surface area contributed by atoms with E-state index in [-0.39, 0.29) is 11.4 Å². The predicted octanol–water partition coefficient (Wildman–Crippen LogP) is 1.28. The molecule has 0 radical (unpaired) electrons. The number of aromatic nitrogens is 3. The van der Waals surface area contributed by atoms with Crippen molar-refractivity contribution >= 4 is 34.2 Å². The molecule has 8 nitrogen and oxygen atoms in total. The van der Waals surface area contributed by atoms with E-state index in [0.717, 1.165) is 11.3 Å². The molecule has 0 bridgehead atoms. The third kappa shape index (κ3) is 2.77. The van der Waals surface area contributed by atoms with Crippen molar-refractivity contribution in [3.63, 3.8) is 0 Å². The van der Waals surface area contributed by atoms with E-state index in [2.05, 4.69) is 25.8 Å². The fourth-order valence-electron chi connectivity index (χ4n) is 1.15. The molecule has 0 saturated carbocycles. The van der Waals surface area contributed by atoms with Gasteiger partial charge >= 0.3 is 12.0 Å². The zero-order valence-corrected chi connectivity index (χ0v) is 9.64. The van der Waals surface area contributed by atoms with Gasteiger partial charge in [-0.25, -0.2) is 14.6 Å². The molecule has 2 amide bonds. The van der Waals surface area contributed by atoms with Crippen LogP contribution in [0.5, 0.6) is 0 Å². The van der Waals surface area contributed by atoms with Crippen molar-refractivity contribution in [3.05, 3.63) is 29.5 Å². The van der Waals surface area contributed by atoms with Gasteiger partial charge in [0.1, 0.15) is 5.51 Å². The highest BCUT2D eigenvalue weighted by molar-refractivity contribution is 7.13. The second-order valence-electron chi connectivity index (χ2n) is 3.03. The number of aromatic carboxylic acids is 1. The zero-order chi connectivity index (χ0) is 13.0. The molecule has 0 aliphatic heterocycles. The molecule has 0 aliphatic rings. The lowest BCUT2D eigenvalue weighted by Crippen LogP contribution is -2.21. The number of carboxylic acids is 1. The summed E-state index contributed by atoms with van der Waals surface area (Å²) >= 11 is 1.15. The number of hydrogen-bond acceptors (Lipinski definition) is 6. The molecule has 9 heteroatoms. The molecular weight excluding hydrogens is 258 g/mol. The van der Waals surface area contributed by atoms with Crippen molar-refractivity contribution in [1.29, 1.82) is 0 Å². The van der Waals surface area contributed by atoms with Crippen LogP contribution < -0.4 is 10.6 Å². The fourth-order valence-corrected chi connectivity index (χ4v) is 1.59. The van der Waals surface area contributed by atoms with Crippen LogP contribution in [0.25, 0.3) is 0 Å². The van der Waals surface area contributed by atoms with E-state index in [9.17, 15) is 9.59 Å². The molecule has 92 valence electrons. The van der Waals surface area contributed by atoms with Crippen molar-refractivity contribution in [1.82, 2.24) is 15.2 Å². The Balaban J connectivity index is 2.09. The number of nitrogens with zero attached hydrogens (tertiary/aromatic N) is 3. The summed E-state index contributed by atoms with van der Waals surface area (Å²) in [5.41, 5.74) is 1.33. The van der Waals surface area contributed by atoms with E-state index >= 15 is 0 Å². The molecule has 2 heterocycles. The maximum Gasteiger partial charge on any atom is 0.356 e. The number of nitrogens with one attached hydrogen (secondary N) is 2. The van der Waals surface area contributed by atoms with Gasteiger partial charge in [0.15, 0.2) is 5.69 Å². The van der Waals surface area contributed by atoms with Crippen molar-refractivity contribution in [2.75, 3.05) is 10.6 Å². The summed E-state index contributed by atoms with van der Waals surface area (Å²) in [6, 6.07) is 2.35. The Hall–Kier alpha value is -2.55. The third-order valence-corrected chi connectivity index (χ3v) is 2.45. The first kappa shape index (κ1) is 11.9. The van der Waals surface area contributed by atoms with Gasteiger partial charge < -0.3 is 10.4 Å². The van der Waals surface area contributed by atoms with Crippen LogP contribution in [0.1, 0.15) is 10.5 Å². The van der Waals surface area contributed by atoms with Crippen LogP contribution in [-0.4, -0.2) is 32.3 Å². The Labute approximate surface area is 105 Å². The summed E-state index contributed by atoms with van der Waals surface area (Å²) in [5.74, 6) is -1.22. The largest absolute Gasteiger partial charge is 0.476 e. The Morgan fingerprint density at radius 2 is 2.17 bits per heavy atom. The van der Waals surface area contributed by atoms with Gasteiger partial charge in [-0.2, -0.15) is 0 Å². The summed E-state index contributed by atoms with van der Waals surface area (Å²) in [6.45, 7) is 0. The van der Waals surface area contributed by atoms with Gasteiger partial charge in [-0.15, -0.1) is 10.2 Å². The maximum absolute atomic E-state index is 11.6. The molecule has 0 aromatic carbocycles. The lowest BCUT2D eigenvalue weighted by molar-refractivity contribution is 0.0692. The third-order valence-electron chi connectivity index (χ3n) is 1.84. The van der Waals surface area contributed by atoms with E-state index in [0.29, 0.717) is 5.13 Å². The fraction of sp³-hybridized carbons (Fsp3) is 0. The summed E-state index contributed by atoms with van der Waals surface area (Å²) in [5, 5.41) is 21.1. The molecular formula is C9H7N5O3S. The van der Waals surface area contributed by atoms with Crippen molar-refractivity contribution in [3.8, 4) is 0 Å². The number of urea groups is 1. The monoisotopic (exact) mass is 265 g/mol. The highest BCUT2D eigenvalue weighted by Crippen LogP contribution is 2.13. The molecule has 0 saturated heterocycles. The smallest absolute Gasteiger partial charge is 0.356 e. The minimum atomic E-state index is -1.22. The summed E-state index contributed by atoms with van der Waals surface area (Å²) in [4.78, 5) is 26.1. The second-order valence-corrected chi connectivity index (χ2v) is 3.86. The van der Waals surface area contributed by atoms with Gasteiger partial charge in [0.25, 0.3) is 0 Å². The van der Waals surface area contributed by atoms with Crippen LogP contribution in [0.2, 0.25) is 0 Å². The molecule has 2 aromatic rings. The van der Waals surface area contributed by atoms with Gasteiger partial charge in [0.2, 0.25) is 5.13 Å². The van der Waals surface area contributed by atoms with E-state index < -0.39 is 12.0 Å². The number of carbonyl (C=O) groups excluding carboxylic acids is 1. The normalized spacial score (nSPS) is 9.78. The Bertz CT molecular complexity index is 571. The average Bonchev–Trinajstić information content (AvgIpc) is 2.82. The van der Waals surface area contributed by atoms with E-state index in [1.54, 1.807) is 0 Å². The second kappa shape index (κ2) is 5.19. The first-order chi connectivity index (χ1) is 8.66. The molecule has 0 fully saturated rings. The van der Waals surface area contributed by atoms with Crippen LogP contribution >= 0.6 is 11.3 Å². The summed E-state index contributed by atoms with van der Waals surface area (Å²) in [6.07, 6.45) is 1.33. The molecule has 0 aliphatic carbocycles.